The van der Waals surface area contributed by atoms with E-state index in [0.717, 1.165) is 42.8 Å². The Labute approximate surface area is 118 Å². The molecule has 4 rings (SSSR count). The fourth-order valence-electron chi connectivity index (χ4n) is 3.12. The molecule has 0 amide bonds. The molecule has 2 heterocycles. The van der Waals surface area contributed by atoms with Gasteiger partial charge < -0.3 is 13.8 Å². The van der Waals surface area contributed by atoms with Crippen molar-refractivity contribution in [2.45, 2.75) is 12.8 Å². The second kappa shape index (κ2) is 4.52. The quantitative estimate of drug-likeness (QED) is 0.574. The number of hydrogen-bond acceptors (Lipinski definition) is 2. The first-order valence-corrected chi connectivity index (χ1v) is 7.20. The molecule has 100 valence electrons. The third-order valence-corrected chi connectivity index (χ3v) is 4.12. The number of fused-ring (bicyclic) bond motifs is 2. The van der Waals surface area contributed by atoms with Crippen LogP contribution in [-0.4, -0.2) is 30.5 Å². The number of allylic oxidation sites excluding steroid dienone is 3. The van der Waals surface area contributed by atoms with E-state index in [0.29, 0.717) is 0 Å². The molecule has 1 atom stereocenters. The maximum atomic E-state index is 6.35. The Morgan fingerprint density at radius 3 is 3.05 bits per heavy atom. The molecule has 1 unspecified atom stereocenters. The van der Waals surface area contributed by atoms with Gasteiger partial charge in [-0.2, -0.15) is 0 Å². The van der Waals surface area contributed by atoms with E-state index in [-0.39, 0.29) is 0 Å². The molecular formula is C16H16BNO2. The minimum absolute atomic E-state index is 0.728. The molecule has 4 heteroatoms. The lowest BCUT2D eigenvalue weighted by Crippen LogP contribution is -2.59. The molecule has 0 radical (unpaired) electrons. The summed E-state index contributed by atoms with van der Waals surface area (Å²) in [4.78, 5) is 0. The van der Waals surface area contributed by atoms with Crippen molar-refractivity contribution in [1.29, 1.82) is 0 Å². The monoisotopic (exact) mass is 265 g/mol. The van der Waals surface area contributed by atoms with E-state index in [1.165, 1.54) is 0 Å². The molecule has 0 bridgehead atoms. The molecule has 0 spiro atoms. The fraction of sp³-hybridized carbons (Fsp3) is 0.250. The second-order valence-electron chi connectivity index (χ2n) is 5.40. The van der Waals surface area contributed by atoms with Crippen LogP contribution < -0.4 is 4.65 Å². The Hall–Kier alpha value is -2.03. The number of rotatable bonds is 1. The molecule has 3 aliphatic rings. The summed E-state index contributed by atoms with van der Waals surface area (Å²) in [5.74, 6) is 0.889. The molecule has 1 saturated heterocycles. The van der Waals surface area contributed by atoms with E-state index in [4.69, 9.17) is 9.31 Å². The first-order valence-electron chi connectivity index (χ1n) is 7.20. The number of benzene rings is 1. The first-order chi connectivity index (χ1) is 9.88. The summed E-state index contributed by atoms with van der Waals surface area (Å²) in [6.07, 6.45) is 10.3. The van der Waals surface area contributed by atoms with Crippen molar-refractivity contribution < 1.29 is 13.8 Å². The number of hydrogen-bond donors (Lipinski definition) is 0. The van der Waals surface area contributed by atoms with Crippen molar-refractivity contribution in [3.63, 3.8) is 0 Å². The summed E-state index contributed by atoms with van der Waals surface area (Å²) in [5, 5.41) is 0. The van der Waals surface area contributed by atoms with Crippen LogP contribution in [0.4, 0.5) is 0 Å². The van der Waals surface area contributed by atoms with Gasteiger partial charge in [0.2, 0.25) is 0 Å². The van der Waals surface area contributed by atoms with Crippen LogP contribution in [0.3, 0.4) is 0 Å². The summed E-state index contributed by atoms with van der Waals surface area (Å²) in [6, 6.07) is 8.11. The van der Waals surface area contributed by atoms with Gasteiger partial charge in [0.05, 0.1) is 17.9 Å². The topological polar surface area (TPSA) is 21.5 Å². The van der Waals surface area contributed by atoms with E-state index in [1.807, 2.05) is 36.4 Å². The summed E-state index contributed by atoms with van der Waals surface area (Å²) in [7, 11) is 0. The van der Waals surface area contributed by atoms with Crippen LogP contribution in [0.5, 0.6) is 5.75 Å². The minimum Gasteiger partial charge on any atom is -0.629 e. The predicted molar refractivity (Wildman–Crippen MR) is 79.0 cm³/mol. The van der Waals surface area contributed by atoms with Gasteiger partial charge >= 0.3 is 6.69 Å². The molecule has 0 N–H and O–H groups in total. The molecule has 1 aromatic rings. The molecule has 0 saturated carbocycles. The first kappa shape index (κ1) is 11.8. The van der Waals surface area contributed by atoms with E-state index in [2.05, 4.69) is 22.5 Å². The summed E-state index contributed by atoms with van der Waals surface area (Å²) < 4.78 is 14.8. The zero-order valence-corrected chi connectivity index (χ0v) is 11.3. The lowest BCUT2D eigenvalue weighted by atomic mass is 9.61. The molecule has 20 heavy (non-hydrogen) atoms. The lowest BCUT2D eigenvalue weighted by molar-refractivity contribution is -0.424. The average Bonchev–Trinajstić information content (AvgIpc) is 2.94. The zero-order valence-electron chi connectivity index (χ0n) is 11.3. The highest BCUT2D eigenvalue weighted by Crippen LogP contribution is 2.32. The molecule has 0 aromatic heterocycles. The SMILES string of the molecule is C1=CC=CC=1[B-]12OCCCC[N+]1=Cc1ccccc1O2. The minimum atomic E-state index is -1.64. The maximum absolute atomic E-state index is 6.35. The molecule has 1 aromatic carbocycles. The molecular weight excluding hydrogens is 249 g/mol. The van der Waals surface area contributed by atoms with Crippen LogP contribution in [0.2, 0.25) is 0 Å². The maximum Gasteiger partial charge on any atom is 0.632 e. The van der Waals surface area contributed by atoms with Gasteiger partial charge in [-0.1, -0.05) is 24.3 Å². The van der Waals surface area contributed by atoms with Crippen molar-refractivity contribution in [2.24, 2.45) is 0 Å². The van der Waals surface area contributed by atoms with Crippen LogP contribution in [0, 0.1) is 0 Å². The predicted octanol–water partition coefficient (Wildman–Crippen LogP) is 2.45. The Bertz CT molecular complexity index is 685. The van der Waals surface area contributed by atoms with Crippen LogP contribution in [0.25, 0.3) is 0 Å². The van der Waals surface area contributed by atoms with Crippen molar-refractivity contribution in [2.75, 3.05) is 13.2 Å². The van der Waals surface area contributed by atoms with Gasteiger partial charge in [-0.25, -0.2) is 0 Å². The average molecular weight is 265 g/mol. The van der Waals surface area contributed by atoms with Crippen LogP contribution in [0.1, 0.15) is 18.4 Å². The van der Waals surface area contributed by atoms with Gasteiger partial charge in [0, 0.05) is 13.0 Å². The second-order valence-corrected chi connectivity index (χ2v) is 5.40. The van der Waals surface area contributed by atoms with Gasteiger partial charge in [0.25, 0.3) is 0 Å². The van der Waals surface area contributed by atoms with Gasteiger partial charge in [0.1, 0.15) is 6.21 Å². The lowest BCUT2D eigenvalue weighted by Gasteiger charge is -2.39. The molecule has 2 aliphatic heterocycles. The number of nitrogens with zero attached hydrogens (tertiary/aromatic N) is 1. The summed E-state index contributed by atoms with van der Waals surface area (Å²) in [6.45, 7) is 0.0393. The molecule has 1 fully saturated rings. The fourth-order valence-corrected chi connectivity index (χ4v) is 3.12. The van der Waals surface area contributed by atoms with Gasteiger partial charge in [0.15, 0.2) is 0 Å². The van der Waals surface area contributed by atoms with Crippen LogP contribution in [-0.2, 0) is 4.65 Å². The number of para-hydroxylation sites is 1. The highest BCUT2D eigenvalue weighted by atomic mass is 16.6. The van der Waals surface area contributed by atoms with Crippen molar-refractivity contribution >= 4 is 12.9 Å². The van der Waals surface area contributed by atoms with Gasteiger partial charge in [-0.15, -0.1) is 5.73 Å². The highest BCUT2D eigenvalue weighted by Gasteiger charge is 2.51. The zero-order chi connectivity index (χ0) is 13.4. The smallest absolute Gasteiger partial charge is 0.629 e. The Morgan fingerprint density at radius 1 is 1.20 bits per heavy atom. The Morgan fingerprint density at radius 2 is 2.15 bits per heavy atom. The van der Waals surface area contributed by atoms with Crippen molar-refractivity contribution in [3.8, 4) is 5.75 Å². The normalized spacial score (nSPS) is 27.0. The van der Waals surface area contributed by atoms with Crippen molar-refractivity contribution in [3.05, 3.63) is 59.3 Å². The standard InChI is InChI=1S/C16H16BNO2/c1-4-10-16-14(7-1)13-18-11-5-6-12-19-17(18,20-16)15-8-2-3-9-15/h1-4,7-8,10,13H,5-6,11-12H2. The van der Waals surface area contributed by atoms with E-state index < -0.39 is 6.69 Å². The van der Waals surface area contributed by atoms with E-state index >= 15 is 0 Å². The largest absolute Gasteiger partial charge is 0.632 e. The Kier molecular flexibility index (Phi) is 2.66. The molecule has 1 aliphatic carbocycles. The third-order valence-electron chi connectivity index (χ3n) is 4.12. The van der Waals surface area contributed by atoms with Gasteiger partial charge in [-0.3, -0.25) is 0 Å². The van der Waals surface area contributed by atoms with Gasteiger partial charge in [-0.05, 0) is 30.1 Å². The van der Waals surface area contributed by atoms with Crippen LogP contribution >= 0.6 is 0 Å². The highest BCUT2D eigenvalue weighted by molar-refractivity contribution is 6.69. The Balaban J connectivity index is 1.90. The summed E-state index contributed by atoms with van der Waals surface area (Å²) >= 11 is 0. The third kappa shape index (κ3) is 1.69. The van der Waals surface area contributed by atoms with Crippen LogP contribution in [0.15, 0.2) is 53.7 Å². The van der Waals surface area contributed by atoms with Crippen molar-refractivity contribution in [1.82, 2.24) is 0 Å². The summed E-state index contributed by atoms with van der Waals surface area (Å²) in [5.41, 5.74) is 5.38. The van der Waals surface area contributed by atoms with E-state index in [9.17, 15) is 0 Å². The van der Waals surface area contributed by atoms with E-state index in [1.54, 1.807) is 0 Å². The molecule has 3 nitrogen and oxygen atoms in total.